The van der Waals surface area contributed by atoms with Gasteiger partial charge in [0.25, 0.3) is 0 Å². The third-order valence-electron chi connectivity index (χ3n) is 10.8. The quantitative estimate of drug-likeness (QED) is 0.204. The molecule has 0 saturated carbocycles. The average molecular weight is 645 g/mol. The lowest BCUT2D eigenvalue weighted by molar-refractivity contribution is 0.663. The summed E-state index contributed by atoms with van der Waals surface area (Å²) in [5.41, 5.74) is 11.0. The maximum atomic E-state index is 5.07. The molecule has 0 bridgehead atoms. The minimum Gasteiger partial charge on any atom is -0.344 e. The number of hydrogen-bond acceptors (Lipinski definition) is 3. The lowest BCUT2D eigenvalue weighted by Gasteiger charge is -2.25. The maximum absolute atomic E-state index is 5.07. The van der Waals surface area contributed by atoms with E-state index in [1.165, 1.54) is 54.5 Å². The van der Waals surface area contributed by atoms with E-state index in [4.69, 9.17) is 9.98 Å². The van der Waals surface area contributed by atoms with E-state index in [1.807, 2.05) is 24.3 Å². The van der Waals surface area contributed by atoms with Crippen LogP contribution in [0.2, 0.25) is 0 Å². The lowest BCUT2D eigenvalue weighted by atomic mass is 9.80. The third-order valence-corrected chi connectivity index (χ3v) is 10.8. The SMILES string of the molecule is CC1(C)c2ccccc2-c2c1c1c(c3c(n1-c1ccc(C4=NC(c5ccccc5)=NC(c5ccccc5)N4)cc1)=CCCC=3)c1ccccc21. The van der Waals surface area contributed by atoms with Crippen LogP contribution in [0.1, 0.15) is 60.7 Å². The van der Waals surface area contributed by atoms with E-state index >= 15 is 0 Å². The predicted molar refractivity (Wildman–Crippen MR) is 208 cm³/mol. The number of rotatable bonds is 4. The Bertz CT molecular complexity index is 2680. The summed E-state index contributed by atoms with van der Waals surface area (Å²) >= 11 is 0. The Hall–Kier alpha value is -6.00. The second kappa shape index (κ2) is 11.0. The number of hydrogen-bond donors (Lipinski definition) is 1. The molecule has 0 amide bonds. The van der Waals surface area contributed by atoms with Gasteiger partial charge in [-0.2, -0.15) is 0 Å². The molecule has 1 atom stereocenters. The molecule has 1 N–H and O–H groups in total. The van der Waals surface area contributed by atoms with Crippen molar-refractivity contribution in [1.29, 1.82) is 0 Å². The first-order valence-electron chi connectivity index (χ1n) is 17.6. The average Bonchev–Trinajstić information content (AvgIpc) is 3.65. The smallest absolute Gasteiger partial charge is 0.159 e. The normalized spacial score (nSPS) is 17.1. The highest BCUT2D eigenvalue weighted by Gasteiger charge is 2.40. The Morgan fingerprint density at radius 1 is 0.680 bits per heavy atom. The summed E-state index contributed by atoms with van der Waals surface area (Å²) in [6, 6.07) is 47.7. The minimum atomic E-state index is -0.233. The fraction of sp³-hybridized carbons (Fsp3) is 0.130. The molecule has 2 aliphatic carbocycles. The zero-order valence-electron chi connectivity index (χ0n) is 28.2. The molecule has 6 aromatic carbocycles. The largest absolute Gasteiger partial charge is 0.344 e. The van der Waals surface area contributed by atoms with Crippen molar-refractivity contribution in [2.45, 2.75) is 38.3 Å². The van der Waals surface area contributed by atoms with Gasteiger partial charge >= 0.3 is 0 Å². The van der Waals surface area contributed by atoms with Crippen molar-refractivity contribution in [3.8, 4) is 16.8 Å². The van der Waals surface area contributed by atoms with Gasteiger partial charge in [0.1, 0.15) is 12.0 Å². The van der Waals surface area contributed by atoms with Gasteiger partial charge in [0, 0.05) is 38.2 Å². The highest BCUT2D eigenvalue weighted by Crippen LogP contribution is 2.54. The Kier molecular flexibility index (Phi) is 6.38. The van der Waals surface area contributed by atoms with Gasteiger partial charge in [-0.05, 0) is 75.7 Å². The van der Waals surface area contributed by atoms with Gasteiger partial charge in [-0.1, -0.05) is 135 Å². The van der Waals surface area contributed by atoms with E-state index < -0.39 is 0 Å². The first-order chi connectivity index (χ1) is 24.6. The van der Waals surface area contributed by atoms with E-state index in [0.29, 0.717) is 0 Å². The number of nitrogens with zero attached hydrogens (tertiary/aromatic N) is 3. The van der Waals surface area contributed by atoms with Crippen molar-refractivity contribution < 1.29 is 0 Å². The van der Waals surface area contributed by atoms with E-state index in [1.54, 1.807) is 0 Å². The van der Waals surface area contributed by atoms with Crippen molar-refractivity contribution in [3.05, 3.63) is 172 Å². The molecule has 7 aromatic rings. The van der Waals surface area contributed by atoms with E-state index in [0.717, 1.165) is 46.9 Å². The summed E-state index contributed by atoms with van der Waals surface area (Å²) in [7, 11) is 0. The van der Waals surface area contributed by atoms with Crippen molar-refractivity contribution in [2.75, 3.05) is 0 Å². The van der Waals surface area contributed by atoms with Crippen LogP contribution in [0, 0.1) is 0 Å². The first-order valence-corrected chi connectivity index (χ1v) is 17.6. The molecule has 0 radical (unpaired) electrons. The zero-order chi connectivity index (χ0) is 33.4. The van der Waals surface area contributed by atoms with Crippen molar-refractivity contribution >= 4 is 45.5 Å². The topological polar surface area (TPSA) is 41.7 Å². The van der Waals surface area contributed by atoms with Crippen molar-refractivity contribution in [1.82, 2.24) is 9.88 Å². The molecule has 0 spiro atoms. The van der Waals surface area contributed by atoms with E-state index in [2.05, 4.69) is 145 Å². The summed E-state index contributed by atoms with van der Waals surface area (Å²) in [5.74, 6) is 1.55. The lowest BCUT2D eigenvalue weighted by Crippen LogP contribution is -2.33. The van der Waals surface area contributed by atoms with Gasteiger partial charge < -0.3 is 9.88 Å². The van der Waals surface area contributed by atoms with Crippen molar-refractivity contribution in [2.24, 2.45) is 9.98 Å². The Labute approximate surface area is 291 Å². The molecule has 4 nitrogen and oxygen atoms in total. The number of fused-ring (bicyclic) bond motifs is 10. The number of benzene rings is 6. The van der Waals surface area contributed by atoms with Gasteiger partial charge in [0.15, 0.2) is 5.84 Å². The molecule has 0 saturated heterocycles. The molecule has 1 aliphatic heterocycles. The summed E-state index contributed by atoms with van der Waals surface area (Å²) in [6.45, 7) is 4.81. The summed E-state index contributed by atoms with van der Waals surface area (Å²) in [4.78, 5) is 10.1. The highest BCUT2D eigenvalue weighted by atomic mass is 15.2. The van der Waals surface area contributed by atoms with Gasteiger partial charge in [0.05, 0.1) is 5.52 Å². The Balaban J connectivity index is 1.18. The Morgan fingerprint density at radius 2 is 1.36 bits per heavy atom. The van der Waals surface area contributed by atoms with Gasteiger partial charge in [0.2, 0.25) is 0 Å². The van der Waals surface area contributed by atoms with Crippen LogP contribution < -0.4 is 15.9 Å². The van der Waals surface area contributed by atoms with Crippen LogP contribution in [-0.4, -0.2) is 16.2 Å². The minimum absolute atomic E-state index is 0.160. The molecule has 50 heavy (non-hydrogen) atoms. The predicted octanol–water partition coefficient (Wildman–Crippen LogP) is 8.94. The second-order valence-corrected chi connectivity index (χ2v) is 14.1. The molecule has 1 unspecified atom stereocenters. The number of aliphatic imine (C=N–C) groups is 2. The van der Waals surface area contributed by atoms with Gasteiger partial charge in [-0.3, -0.25) is 0 Å². The molecule has 2 heterocycles. The van der Waals surface area contributed by atoms with Crippen LogP contribution in [-0.2, 0) is 5.41 Å². The van der Waals surface area contributed by atoms with Crippen molar-refractivity contribution in [3.63, 3.8) is 0 Å². The van der Waals surface area contributed by atoms with Gasteiger partial charge in [-0.15, -0.1) is 0 Å². The van der Waals surface area contributed by atoms with E-state index in [-0.39, 0.29) is 11.6 Å². The van der Waals surface area contributed by atoms with Crippen LogP contribution in [0.5, 0.6) is 0 Å². The van der Waals surface area contributed by atoms with E-state index in [9.17, 15) is 0 Å². The van der Waals surface area contributed by atoms with Crippen LogP contribution in [0.4, 0.5) is 0 Å². The van der Waals surface area contributed by atoms with Gasteiger partial charge in [-0.25, -0.2) is 9.98 Å². The number of amidine groups is 2. The third kappa shape index (κ3) is 4.24. The number of aromatic nitrogens is 1. The number of nitrogens with one attached hydrogen (secondary N) is 1. The Morgan fingerprint density at radius 3 is 2.16 bits per heavy atom. The fourth-order valence-electron chi connectivity index (χ4n) is 8.57. The molecule has 3 aliphatic rings. The molecular weight excluding hydrogens is 609 g/mol. The summed E-state index contributed by atoms with van der Waals surface area (Å²) < 4.78 is 2.54. The summed E-state index contributed by atoms with van der Waals surface area (Å²) in [5, 5.41) is 10.3. The molecule has 1 aromatic heterocycles. The van der Waals surface area contributed by atoms with Crippen LogP contribution in [0.3, 0.4) is 0 Å². The van der Waals surface area contributed by atoms with Crippen LogP contribution in [0.25, 0.3) is 50.6 Å². The fourth-order valence-corrected chi connectivity index (χ4v) is 8.57. The van der Waals surface area contributed by atoms with Crippen LogP contribution >= 0.6 is 0 Å². The monoisotopic (exact) mass is 644 g/mol. The molecule has 4 heteroatoms. The molecule has 240 valence electrons. The second-order valence-electron chi connectivity index (χ2n) is 14.1. The maximum Gasteiger partial charge on any atom is 0.159 e. The zero-order valence-corrected chi connectivity index (χ0v) is 28.2. The highest BCUT2D eigenvalue weighted by molar-refractivity contribution is 6.18. The molecule has 0 fully saturated rings. The first kappa shape index (κ1) is 29.0. The summed E-state index contributed by atoms with van der Waals surface area (Å²) in [6.07, 6.45) is 6.77. The molecule has 10 rings (SSSR count). The van der Waals surface area contributed by atoms with Crippen LogP contribution in [0.15, 0.2) is 143 Å². The molecular formula is C46H36N4. The standard InChI is InChI=1S/C46H36N4/c1-46(2)37-23-13-11-21-35(37)39-33-19-9-10-20-34(33)40-36-22-12-14-24-38(36)50(42(40)41(39)46)32-27-25-31(26-28-32)45-48-43(29-15-5-3-6-16-29)47-44(49-45)30-17-7-4-8-18-30/h3-11,13,15-28,43H,12,14H2,1-2H3,(H,47,48,49).